The van der Waals surface area contributed by atoms with E-state index in [0.29, 0.717) is 25.4 Å². The number of para-hydroxylation sites is 1. The molecule has 0 aliphatic rings. The highest BCUT2D eigenvalue weighted by Crippen LogP contribution is 2.25. The Balaban J connectivity index is 2.03. The highest BCUT2D eigenvalue weighted by atomic mass is 16.5. The minimum absolute atomic E-state index is 0.0258. The van der Waals surface area contributed by atoms with Crippen molar-refractivity contribution in [1.29, 1.82) is 5.26 Å². The van der Waals surface area contributed by atoms with Gasteiger partial charge in [0.15, 0.2) is 6.61 Å². The molecule has 0 spiro atoms. The van der Waals surface area contributed by atoms with E-state index >= 15 is 0 Å². The largest absolute Gasteiger partial charge is 0.483 e. The Morgan fingerprint density at radius 2 is 1.80 bits per heavy atom. The number of carbonyl (C=O) groups excluding carboxylic acids is 1. The van der Waals surface area contributed by atoms with Gasteiger partial charge in [0.1, 0.15) is 5.75 Å². The maximum absolute atomic E-state index is 12.6. The van der Waals surface area contributed by atoms with Crippen molar-refractivity contribution < 1.29 is 9.53 Å². The second-order valence-electron chi connectivity index (χ2n) is 6.19. The van der Waals surface area contributed by atoms with Crippen LogP contribution < -0.4 is 4.74 Å². The molecule has 4 nitrogen and oxygen atoms in total. The van der Waals surface area contributed by atoms with Crippen LogP contribution in [0.4, 0.5) is 0 Å². The summed E-state index contributed by atoms with van der Waals surface area (Å²) in [4.78, 5) is 14.3. The van der Waals surface area contributed by atoms with Gasteiger partial charge in [-0.05, 0) is 23.1 Å². The van der Waals surface area contributed by atoms with Crippen molar-refractivity contribution in [3.63, 3.8) is 0 Å². The molecule has 0 bridgehead atoms. The lowest BCUT2D eigenvalue weighted by Crippen LogP contribution is -2.35. The summed E-state index contributed by atoms with van der Waals surface area (Å²) in [6.07, 6.45) is 0.307. The molecule has 0 heterocycles. The summed E-state index contributed by atoms with van der Waals surface area (Å²) in [6.45, 7) is 5.05. The van der Waals surface area contributed by atoms with Crippen LogP contribution in [0.25, 0.3) is 0 Å². The summed E-state index contributed by atoms with van der Waals surface area (Å²) in [6, 6.07) is 19.7. The number of hydrogen-bond donors (Lipinski definition) is 0. The third-order valence-corrected chi connectivity index (χ3v) is 3.95. The summed E-state index contributed by atoms with van der Waals surface area (Å²) in [5.74, 6) is 0.953. The second-order valence-corrected chi connectivity index (χ2v) is 6.19. The fraction of sp³-hybridized carbons (Fsp3) is 0.333. The van der Waals surface area contributed by atoms with Gasteiger partial charge in [-0.25, -0.2) is 0 Å². The fourth-order valence-electron chi connectivity index (χ4n) is 2.60. The Labute approximate surface area is 149 Å². The van der Waals surface area contributed by atoms with Crippen LogP contribution in [0.1, 0.15) is 37.3 Å². The van der Waals surface area contributed by atoms with Crippen LogP contribution in [0.2, 0.25) is 0 Å². The molecule has 25 heavy (non-hydrogen) atoms. The van der Waals surface area contributed by atoms with Gasteiger partial charge >= 0.3 is 0 Å². The lowest BCUT2D eigenvalue weighted by Gasteiger charge is -2.22. The molecule has 0 N–H and O–H groups in total. The number of carbonyl (C=O) groups is 1. The van der Waals surface area contributed by atoms with E-state index in [4.69, 9.17) is 10.00 Å². The number of hydrogen-bond acceptors (Lipinski definition) is 3. The summed E-state index contributed by atoms with van der Waals surface area (Å²) in [5.41, 5.74) is 2.12. The predicted molar refractivity (Wildman–Crippen MR) is 98.1 cm³/mol. The number of nitrogens with zero attached hydrogens (tertiary/aromatic N) is 2. The molecule has 0 aliphatic heterocycles. The van der Waals surface area contributed by atoms with Crippen molar-refractivity contribution in [3.05, 3.63) is 65.7 Å². The first kappa shape index (κ1) is 18.5. The predicted octanol–water partition coefficient (Wildman–Crippen LogP) is 4.13. The minimum Gasteiger partial charge on any atom is -0.483 e. The summed E-state index contributed by atoms with van der Waals surface area (Å²) >= 11 is 0. The monoisotopic (exact) mass is 336 g/mol. The summed E-state index contributed by atoms with van der Waals surface area (Å²) in [5, 5.41) is 8.85. The third kappa shape index (κ3) is 5.65. The first-order valence-corrected chi connectivity index (χ1v) is 8.52. The highest BCUT2D eigenvalue weighted by Gasteiger charge is 2.16. The Morgan fingerprint density at radius 3 is 2.48 bits per heavy atom. The molecule has 4 heteroatoms. The molecule has 0 aliphatic carbocycles. The molecule has 0 atom stereocenters. The standard InChI is InChI=1S/C21H24N2O2/c1-17(2)19-11-6-7-12-20(19)25-16-21(24)23(14-8-13-22)15-18-9-4-3-5-10-18/h3-7,9-12,17H,8,14-16H2,1-2H3. The Hall–Kier alpha value is -2.80. The molecule has 0 fully saturated rings. The average Bonchev–Trinajstić information content (AvgIpc) is 2.64. The van der Waals surface area contributed by atoms with Crippen LogP contribution in [0.3, 0.4) is 0 Å². The van der Waals surface area contributed by atoms with Gasteiger partial charge in [-0.1, -0.05) is 62.4 Å². The van der Waals surface area contributed by atoms with Crippen LogP contribution in [-0.4, -0.2) is 24.0 Å². The van der Waals surface area contributed by atoms with Crippen LogP contribution in [0, 0.1) is 11.3 Å². The van der Waals surface area contributed by atoms with Gasteiger partial charge in [-0.2, -0.15) is 5.26 Å². The average molecular weight is 336 g/mol. The zero-order valence-corrected chi connectivity index (χ0v) is 14.8. The molecule has 1 amide bonds. The SMILES string of the molecule is CC(C)c1ccccc1OCC(=O)N(CCC#N)Cc1ccccc1. The van der Waals surface area contributed by atoms with Crippen molar-refractivity contribution in [1.82, 2.24) is 4.90 Å². The van der Waals surface area contributed by atoms with E-state index in [1.54, 1.807) is 4.90 Å². The molecule has 0 aromatic heterocycles. The van der Waals surface area contributed by atoms with Crippen LogP contribution >= 0.6 is 0 Å². The van der Waals surface area contributed by atoms with Crippen LogP contribution in [0.5, 0.6) is 5.75 Å². The zero-order valence-electron chi connectivity index (χ0n) is 14.8. The van der Waals surface area contributed by atoms with Crippen molar-refractivity contribution in [2.45, 2.75) is 32.7 Å². The van der Waals surface area contributed by atoms with E-state index in [1.165, 1.54) is 0 Å². The van der Waals surface area contributed by atoms with Crippen LogP contribution in [-0.2, 0) is 11.3 Å². The van der Waals surface area contributed by atoms with Gasteiger partial charge in [-0.3, -0.25) is 4.79 Å². The van der Waals surface area contributed by atoms with E-state index in [-0.39, 0.29) is 12.5 Å². The number of amides is 1. The molecule has 130 valence electrons. The normalized spacial score (nSPS) is 10.3. The van der Waals surface area contributed by atoms with Crippen molar-refractivity contribution in [2.75, 3.05) is 13.2 Å². The zero-order chi connectivity index (χ0) is 18.1. The van der Waals surface area contributed by atoms with Gasteiger partial charge < -0.3 is 9.64 Å². The van der Waals surface area contributed by atoms with Crippen molar-refractivity contribution >= 4 is 5.91 Å². The highest BCUT2D eigenvalue weighted by molar-refractivity contribution is 5.77. The lowest BCUT2D eigenvalue weighted by atomic mass is 10.0. The van der Waals surface area contributed by atoms with Gasteiger partial charge in [0.05, 0.1) is 12.5 Å². The molecule has 2 aromatic carbocycles. The second kappa shape index (κ2) is 9.48. The maximum atomic E-state index is 12.6. The molecular weight excluding hydrogens is 312 g/mol. The smallest absolute Gasteiger partial charge is 0.260 e. The van der Waals surface area contributed by atoms with E-state index in [9.17, 15) is 4.79 Å². The minimum atomic E-state index is -0.113. The number of nitriles is 1. The van der Waals surface area contributed by atoms with Gasteiger partial charge in [0, 0.05) is 13.1 Å². The van der Waals surface area contributed by atoms with E-state index in [1.807, 2.05) is 54.6 Å². The van der Waals surface area contributed by atoms with E-state index in [0.717, 1.165) is 16.9 Å². The van der Waals surface area contributed by atoms with E-state index in [2.05, 4.69) is 19.9 Å². The number of ether oxygens (including phenoxy) is 1. The van der Waals surface area contributed by atoms with Gasteiger partial charge in [-0.15, -0.1) is 0 Å². The Kier molecular flexibility index (Phi) is 7.03. The number of rotatable bonds is 8. The quantitative estimate of drug-likeness (QED) is 0.728. The van der Waals surface area contributed by atoms with Crippen molar-refractivity contribution in [2.24, 2.45) is 0 Å². The lowest BCUT2D eigenvalue weighted by molar-refractivity contribution is -0.134. The maximum Gasteiger partial charge on any atom is 0.260 e. The first-order chi connectivity index (χ1) is 12.1. The van der Waals surface area contributed by atoms with Gasteiger partial charge in [0.25, 0.3) is 5.91 Å². The summed E-state index contributed by atoms with van der Waals surface area (Å²) < 4.78 is 5.78. The molecule has 0 radical (unpaired) electrons. The van der Waals surface area contributed by atoms with Crippen LogP contribution in [0.15, 0.2) is 54.6 Å². The van der Waals surface area contributed by atoms with Crippen molar-refractivity contribution in [3.8, 4) is 11.8 Å². The molecule has 2 rings (SSSR count). The first-order valence-electron chi connectivity index (χ1n) is 8.52. The molecular formula is C21H24N2O2. The Bertz CT molecular complexity index is 720. The third-order valence-electron chi connectivity index (χ3n) is 3.95. The van der Waals surface area contributed by atoms with Gasteiger partial charge in [0.2, 0.25) is 0 Å². The van der Waals surface area contributed by atoms with E-state index < -0.39 is 0 Å². The molecule has 0 saturated heterocycles. The Morgan fingerprint density at radius 1 is 1.12 bits per heavy atom. The fourth-order valence-corrected chi connectivity index (χ4v) is 2.60. The molecule has 2 aromatic rings. The summed E-state index contributed by atoms with van der Waals surface area (Å²) in [7, 11) is 0. The molecule has 0 unspecified atom stereocenters. The topological polar surface area (TPSA) is 53.3 Å². The number of benzene rings is 2. The molecule has 0 saturated carbocycles.